The van der Waals surface area contributed by atoms with Crippen molar-refractivity contribution in [3.05, 3.63) is 102 Å². The van der Waals surface area contributed by atoms with Crippen LogP contribution < -0.4 is 65.9 Å². The van der Waals surface area contributed by atoms with Crippen LogP contribution in [0.2, 0.25) is 0 Å². The summed E-state index contributed by atoms with van der Waals surface area (Å²) in [6.45, 7) is -0.510. The Hall–Kier alpha value is -7.91. The maximum atomic E-state index is 14.2. The first-order chi connectivity index (χ1) is 37.2. The van der Waals surface area contributed by atoms with Gasteiger partial charge in [0.05, 0.1) is 12.6 Å². The molecule has 0 aliphatic carbocycles. The van der Waals surface area contributed by atoms with Gasteiger partial charge in [0.25, 0.3) is 0 Å². The third-order valence-electron chi connectivity index (χ3n) is 12.4. The lowest BCUT2D eigenvalue weighted by molar-refractivity contribution is -0.142. The van der Waals surface area contributed by atoms with Crippen molar-refractivity contribution in [2.75, 3.05) is 31.1 Å². The average molecular weight is 1120 g/mol. The molecule has 10 amide bonds. The first-order valence-corrected chi connectivity index (χ1v) is 26.3. The fourth-order valence-corrected chi connectivity index (χ4v) is 8.73. The van der Waals surface area contributed by atoms with Crippen LogP contribution >= 0.6 is 25.3 Å². The fraction of sp³-hybridized carbons (Fsp3) is 0.431. The van der Waals surface area contributed by atoms with E-state index in [1.54, 1.807) is 72.8 Å². The maximum absolute atomic E-state index is 14.2. The predicted octanol–water partition coefficient (Wildman–Crippen LogP) is -3.57. The number of amides is 10. The summed E-state index contributed by atoms with van der Waals surface area (Å²) in [6, 6.07) is 13.4. The summed E-state index contributed by atoms with van der Waals surface area (Å²) < 4.78 is 0. The summed E-state index contributed by atoms with van der Waals surface area (Å²) in [5, 5.41) is 27.5. The first kappa shape index (κ1) is 62.6. The van der Waals surface area contributed by atoms with Crippen molar-refractivity contribution in [1.82, 2.24) is 42.1 Å². The van der Waals surface area contributed by atoms with Gasteiger partial charge >= 0.3 is 0 Å². The second-order valence-corrected chi connectivity index (χ2v) is 19.1. The molecule has 27 heteroatoms. The molecular formula is C51H70N14O11S2. The molecule has 1 aliphatic heterocycles. The van der Waals surface area contributed by atoms with Crippen LogP contribution in [0.25, 0.3) is 0 Å². The van der Waals surface area contributed by atoms with Gasteiger partial charge in [-0.3, -0.25) is 52.9 Å². The molecule has 1 heterocycles. The Morgan fingerprint density at radius 2 is 1.13 bits per heavy atom. The van der Waals surface area contributed by atoms with E-state index < -0.39 is 114 Å². The molecule has 3 aromatic carbocycles. The molecule has 0 aromatic heterocycles. The fourth-order valence-electron chi connectivity index (χ4n) is 8.22. The highest BCUT2D eigenvalue weighted by Gasteiger charge is 2.40. The molecule has 0 radical (unpaired) electrons. The number of nitrogens with one attached hydrogen (secondary N) is 7. The summed E-state index contributed by atoms with van der Waals surface area (Å²) >= 11 is 8.51. The topological polar surface area (TPSA) is 421 Å². The number of hydrogen-bond acceptors (Lipinski definition) is 15. The number of likely N-dealkylation sites (tertiary alicyclic amines) is 1. The minimum atomic E-state index is -1.47. The first-order valence-electron chi connectivity index (χ1n) is 25.0. The van der Waals surface area contributed by atoms with E-state index in [1.807, 2.05) is 0 Å². The van der Waals surface area contributed by atoms with Crippen molar-refractivity contribution in [2.24, 2.45) is 33.7 Å². The molecule has 78 heavy (non-hydrogen) atoms. The van der Waals surface area contributed by atoms with Crippen LogP contribution in [-0.4, -0.2) is 155 Å². The Morgan fingerprint density at radius 1 is 0.603 bits per heavy atom. The predicted molar refractivity (Wildman–Crippen MR) is 295 cm³/mol. The molecule has 25 nitrogen and oxygen atoms in total. The van der Waals surface area contributed by atoms with Gasteiger partial charge in [0.15, 0.2) is 5.96 Å². The van der Waals surface area contributed by atoms with Crippen LogP contribution in [0.15, 0.2) is 89.9 Å². The number of aliphatic imine (C=N–C) groups is 1. The van der Waals surface area contributed by atoms with Gasteiger partial charge in [0.2, 0.25) is 59.1 Å². The highest BCUT2D eigenvalue weighted by molar-refractivity contribution is 7.80. The number of guanidine groups is 1. The number of thiol groups is 2. The highest BCUT2D eigenvalue weighted by Crippen LogP contribution is 2.20. The van der Waals surface area contributed by atoms with Crippen LogP contribution in [0, 0.1) is 0 Å². The van der Waals surface area contributed by atoms with E-state index >= 15 is 0 Å². The summed E-state index contributed by atoms with van der Waals surface area (Å²) in [4.78, 5) is 139. The molecule has 0 saturated carbocycles. The second-order valence-electron chi connectivity index (χ2n) is 18.4. The van der Waals surface area contributed by atoms with Gasteiger partial charge in [0, 0.05) is 43.9 Å². The van der Waals surface area contributed by atoms with Crippen LogP contribution in [0.3, 0.4) is 0 Å². The summed E-state index contributed by atoms with van der Waals surface area (Å²) in [7, 11) is 0. The normalized spacial score (nSPS) is 15.5. The number of nitrogens with two attached hydrogens (primary N) is 5. The monoisotopic (exact) mass is 1120 g/mol. The molecule has 8 atom stereocenters. The Labute approximate surface area is 462 Å². The van der Waals surface area contributed by atoms with E-state index in [-0.39, 0.29) is 87.7 Å². The number of carbonyl (C=O) groups excluding carboxylic acids is 10. The molecule has 4 rings (SSSR count). The Balaban J connectivity index is 1.44. The standard InChI is InChI=1S/C51H70N14O11S2/c52-33(23-31-15-17-32(66)18-16-31)44(70)63-38(27-77)45(71)58-26-42(68)59-37(25-30-11-5-2-6-12-30)48(74)64-39(28-78)50(76)65-22-8-14-40(65)49(75)61-35(19-20-41(53)67)47(73)60-34(13-7-21-57-51(55)56)46(72)62-36(43(54)69)24-29-9-3-1-4-10-29/h1-6,9-12,15-18,33-40,66,77-78H,7-8,13-14,19-28,52H2,(H2,53,67)(H2,54,69)(H,58,71)(H,59,68)(H,60,73)(H,61,75)(H,62,72)(H,63,70)(H,64,74)(H4,55,56,57)/t33-,34-,35-,36-,37-,38-,39+,40-/m0/s1. The van der Waals surface area contributed by atoms with E-state index in [2.05, 4.69) is 67.5 Å². The number of aromatic hydroxyl groups is 1. The van der Waals surface area contributed by atoms with Crippen molar-refractivity contribution in [3.8, 4) is 5.75 Å². The van der Waals surface area contributed by atoms with E-state index in [0.29, 0.717) is 23.1 Å². The van der Waals surface area contributed by atoms with Crippen LogP contribution in [-0.2, 0) is 67.2 Å². The zero-order valence-electron chi connectivity index (χ0n) is 42.8. The number of primary amides is 2. The van der Waals surface area contributed by atoms with Crippen molar-refractivity contribution in [3.63, 3.8) is 0 Å². The van der Waals surface area contributed by atoms with Crippen LogP contribution in [0.4, 0.5) is 0 Å². The SMILES string of the molecule is NC(=O)CC[C@H](NC(=O)[C@@H]1CCCN1C(=O)[C@@H](CS)NC(=O)[C@H](Cc1ccccc1)NC(=O)CNC(=O)[C@H](CS)NC(=O)[C@@H](N)Cc1ccc(O)cc1)C(=O)N[C@@H](CCCN=C(N)N)C(=O)N[C@@H](Cc1ccccc1)C(N)=O. The Kier molecular flexibility index (Phi) is 25.7. The number of rotatable bonds is 31. The van der Waals surface area contributed by atoms with Gasteiger partial charge in [-0.1, -0.05) is 72.8 Å². The van der Waals surface area contributed by atoms with Crippen LogP contribution in [0.1, 0.15) is 55.2 Å². The molecule has 18 N–H and O–H groups in total. The van der Waals surface area contributed by atoms with Crippen LogP contribution in [0.5, 0.6) is 5.75 Å². The summed E-state index contributed by atoms with van der Waals surface area (Å²) in [5.41, 5.74) is 30.1. The largest absolute Gasteiger partial charge is 0.508 e. The minimum Gasteiger partial charge on any atom is -0.508 e. The van der Waals surface area contributed by atoms with E-state index in [1.165, 1.54) is 17.0 Å². The average Bonchev–Trinajstić information content (AvgIpc) is 3.91. The van der Waals surface area contributed by atoms with Gasteiger partial charge in [0.1, 0.15) is 48.0 Å². The third-order valence-corrected chi connectivity index (χ3v) is 13.1. The van der Waals surface area contributed by atoms with Gasteiger partial charge in [-0.2, -0.15) is 25.3 Å². The smallest absolute Gasteiger partial charge is 0.246 e. The van der Waals surface area contributed by atoms with Gasteiger partial charge in [-0.25, -0.2) is 0 Å². The molecule has 1 saturated heterocycles. The third kappa shape index (κ3) is 20.9. The Bertz CT molecular complexity index is 2580. The van der Waals surface area contributed by atoms with Gasteiger partial charge in [-0.15, -0.1) is 0 Å². The van der Waals surface area contributed by atoms with Crippen molar-refractivity contribution < 1.29 is 53.1 Å². The molecule has 1 aliphatic rings. The zero-order chi connectivity index (χ0) is 57.3. The molecule has 3 aromatic rings. The zero-order valence-corrected chi connectivity index (χ0v) is 44.6. The lowest BCUT2D eigenvalue weighted by Crippen LogP contribution is -2.60. The molecule has 0 bridgehead atoms. The number of carbonyl (C=O) groups is 10. The Morgan fingerprint density at radius 3 is 1.69 bits per heavy atom. The number of phenols is 1. The lowest BCUT2D eigenvalue weighted by atomic mass is 10.0. The van der Waals surface area contributed by atoms with E-state index in [4.69, 9.17) is 28.7 Å². The van der Waals surface area contributed by atoms with E-state index in [9.17, 15) is 53.1 Å². The molecule has 0 spiro atoms. The molecule has 1 fully saturated rings. The molecule has 0 unspecified atom stereocenters. The summed E-state index contributed by atoms with van der Waals surface area (Å²) in [6.07, 6.45) is -0.0141. The maximum Gasteiger partial charge on any atom is 0.246 e. The van der Waals surface area contributed by atoms with Crippen molar-refractivity contribution in [2.45, 2.75) is 106 Å². The quantitative estimate of drug-likeness (QED) is 0.0128. The number of benzene rings is 3. The van der Waals surface area contributed by atoms with Crippen molar-refractivity contribution in [1.29, 1.82) is 0 Å². The second kappa shape index (κ2) is 32.0. The number of hydrogen-bond donors (Lipinski definition) is 15. The number of phenolic OH excluding ortho intramolecular Hbond substituents is 1. The number of nitrogens with zero attached hydrogens (tertiary/aromatic N) is 2. The van der Waals surface area contributed by atoms with Crippen molar-refractivity contribution >= 4 is 90.3 Å². The lowest BCUT2D eigenvalue weighted by Gasteiger charge is -2.30. The van der Waals surface area contributed by atoms with E-state index in [0.717, 1.165) is 0 Å². The van der Waals surface area contributed by atoms with Gasteiger partial charge in [-0.05, 0) is 67.3 Å². The molecule has 422 valence electrons. The van der Waals surface area contributed by atoms with Gasteiger partial charge < -0.3 is 75.9 Å². The molecular weight excluding hydrogens is 1050 g/mol. The highest BCUT2D eigenvalue weighted by atomic mass is 32.1. The summed E-state index contributed by atoms with van der Waals surface area (Å²) in [5.74, 6) is -8.48. The minimum absolute atomic E-state index is 0.0377.